The van der Waals surface area contributed by atoms with Crippen molar-refractivity contribution in [2.75, 3.05) is 19.7 Å². The molecule has 2 aliphatic rings. The number of piperidine rings is 1. The number of rotatable bonds is 7. The molecule has 1 aromatic carbocycles. The summed E-state index contributed by atoms with van der Waals surface area (Å²) in [6, 6.07) is 3.54. The molecule has 1 aliphatic heterocycles. The predicted octanol–water partition coefficient (Wildman–Crippen LogP) is 2.80. The van der Waals surface area contributed by atoms with E-state index in [0.29, 0.717) is 19.3 Å². The van der Waals surface area contributed by atoms with Crippen LogP contribution in [-0.2, 0) is 9.59 Å². The van der Waals surface area contributed by atoms with Gasteiger partial charge < -0.3 is 20.7 Å². The molecule has 3 rings (SSSR count). The second-order valence-corrected chi connectivity index (χ2v) is 8.37. The Bertz CT molecular complexity index is 794. The van der Waals surface area contributed by atoms with Gasteiger partial charge in [-0.25, -0.2) is 4.39 Å². The Morgan fingerprint density at radius 2 is 1.97 bits per heavy atom. The number of carbonyl (C=O) groups is 2. The molecule has 0 spiro atoms. The Labute approximate surface area is 182 Å². The third-order valence-corrected chi connectivity index (χ3v) is 5.94. The van der Waals surface area contributed by atoms with Gasteiger partial charge in [0, 0.05) is 37.2 Å². The first-order valence-corrected chi connectivity index (χ1v) is 10.4. The van der Waals surface area contributed by atoms with Crippen LogP contribution in [0.5, 0.6) is 5.75 Å². The smallest absolute Gasteiger partial charge is 0.393 e. The first kappa shape index (κ1) is 23.6. The molecule has 6 nitrogen and oxygen atoms in total. The van der Waals surface area contributed by atoms with Crippen LogP contribution < -0.4 is 20.7 Å². The molecular formula is C20H24ClF4N3O3. The molecule has 2 atom stereocenters. The number of carbonyl (C=O) groups excluding carboxylic acids is 2. The lowest BCUT2D eigenvalue weighted by molar-refractivity contribution is -0.179. The van der Waals surface area contributed by atoms with Gasteiger partial charge in [0.1, 0.15) is 11.6 Å². The second kappa shape index (κ2) is 10.0. The molecule has 3 N–H and O–H groups in total. The lowest BCUT2D eigenvalue weighted by Crippen LogP contribution is -2.53. The Kier molecular flexibility index (Phi) is 7.64. The average Bonchev–Trinajstić information content (AvgIpc) is 2.69. The minimum Gasteiger partial charge on any atom is -0.484 e. The molecular weight excluding hydrogens is 442 g/mol. The zero-order valence-corrected chi connectivity index (χ0v) is 17.4. The monoisotopic (exact) mass is 465 g/mol. The molecule has 1 aliphatic carbocycles. The summed E-state index contributed by atoms with van der Waals surface area (Å²) in [7, 11) is 0. The van der Waals surface area contributed by atoms with E-state index >= 15 is 0 Å². The fourth-order valence-corrected chi connectivity index (χ4v) is 3.79. The third-order valence-electron chi connectivity index (χ3n) is 5.64. The van der Waals surface area contributed by atoms with Crippen molar-refractivity contribution in [3.05, 3.63) is 29.0 Å². The third kappa shape index (κ3) is 6.70. The van der Waals surface area contributed by atoms with Crippen LogP contribution in [0.3, 0.4) is 0 Å². The van der Waals surface area contributed by atoms with E-state index in [1.165, 1.54) is 12.1 Å². The van der Waals surface area contributed by atoms with E-state index in [1.54, 1.807) is 0 Å². The summed E-state index contributed by atoms with van der Waals surface area (Å²) < 4.78 is 56.6. The van der Waals surface area contributed by atoms with Gasteiger partial charge in [-0.3, -0.25) is 9.59 Å². The minimum atomic E-state index is -4.19. The number of alkyl halides is 3. The Hall–Kier alpha value is -2.07. The fourth-order valence-electron chi connectivity index (χ4n) is 3.67. The number of hydrogen-bond donors (Lipinski definition) is 3. The first-order chi connectivity index (χ1) is 14.6. The Morgan fingerprint density at radius 1 is 1.23 bits per heavy atom. The molecule has 172 valence electrons. The second-order valence-electron chi connectivity index (χ2n) is 7.96. The SMILES string of the molecule is O=C(COc1ccc(Cl)c(F)c1)N[C@H]1C[C@H](C(=O)NCC2CCC(C(F)(F)F)CN2)C1. The number of halogens is 5. The van der Waals surface area contributed by atoms with Crippen LogP contribution in [0.25, 0.3) is 0 Å². The van der Waals surface area contributed by atoms with Crippen LogP contribution in [0.1, 0.15) is 25.7 Å². The lowest BCUT2D eigenvalue weighted by atomic mass is 9.79. The highest BCUT2D eigenvalue weighted by atomic mass is 35.5. The average molecular weight is 466 g/mol. The maximum absolute atomic E-state index is 13.3. The van der Waals surface area contributed by atoms with Crippen molar-refractivity contribution in [3.8, 4) is 5.75 Å². The number of benzene rings is 1. The largest absolute Gasteiger partial charge is 0.484 e. The highest BCUT2D eigenvalue weighted by Crippen LogP contribution is 2.32. The van der Waals surface area contributed by atoms with Crippen molar-refractivity contribution < 1.29 is 31.9 Å². The number of ether oxygens (including phenoxy) is 1. The minimum absolute atomic E-state index is 0.0413. The van der Waals surface area contributed by atoms with Gasteiger partial charge in [-0.1, -0.05) is 11.6 Å². The summed E-state index contributed by atoms with van der Waals surface area (Å²) in [6.45, 7) is -0.143. The molecule has 0 bridgehead atoms. The van der Waals surface area contributed by atoms with Gasteiger partial charge in [0.05, 0.1) is 10.9 Å². The van der Waals surface area contributed by atoms with Crippen LogP contribution in [0.4, 0.5) is 17.6 Å². The Balaban J connectivity index is 1.29. The van der Waals surface area contributed by atoms with Gasteiger partial charge in [0.15, 0.2) is 6.61 Å². The predicted molar refractivity (Wildman–Crippen MR) is 105 cm³/mol. The van der Waals surface area contributed by atoms with Gasteiger partial charge >= 0.3 is 6.18 Å². The normalized spacial score (nSPS) is 26.0. The summed E-state index contributed by atoms with van der Waals surface area (Å²) in [5, 5.41) is 8.31. The van der Waals surface area contributed by atoms with Gasteiger partial charge in [-0.2, -0.15) is 13.2 Å². The lowest BCUT2D eigenvalue weighted by Gasteiger charge is -2.35. The molecule has 2 unspecified atom stereocenters. The van der Waals surface area contributed by atoms with E-state index in [0.717, 1.165) is 6.07 Å². The molecule has 2 fully saturated rings. The molecule has 1 heterocycles. The Morgan fingerprint density at radius 3 is 2.58 bits per heavy atom. The number of hydrogen-bond acceptors (Lipinski definition) is 4. The molecule has 0 radical (unpaired) electrons. The van der Waals surface area contributed by atoms with Gasteiger partial charge in [0.2, 0.25) is 5.91 Å². The van der Waals surface area contributed by atoms with E-state index < -0.39 is 17.9 Å². The van der Waals surface area contributed by atoms with Crippen LogP contribution >= 0.6 is 11.6 Å². The van der Waals surface area contributed by atoms with Crippen LogP contribution in [0, 0.1) is 17.7 Å². The maximum atomic E-state index is 13.3. The van der Waals surface area contributed by atoms with Crippen LogP contribution in [0.15, 0.2) is 18.2 Å². The first-order valence-electron chi connectivity index (χ1n) is 10.1. The zero-order valence-electron chi connectivity index (χ0n) is 16.6. The summed E-state index contributed by atoms with van der Waals surface area (Å²) in [5.41, 5.74) is 0. The summed E-state index contributed by atoms with van der Waals surface area (Å²) in [6.07, 6.45) is -2.84. The van der Waals surface area contributed by atoms with E-state index in [-0.39, 0.29) is 66.7 Å². The molecule has 11 heteroatoms. The molecule has 1 saturated carbocycles. The van der Waals surface area contributed by atoms with Crippen molar-refractivity contribution in [2.24, 2.45) is 11.8 Å². The van der Waals surface area contributed by atoms with Crippen molar-refractivity contribution in [1.82, 2.24) is 16.0 Å². The summed E-state index contributed by atoms with van der Waals surface area (Å²) in [5.74, 6) is -2.60. The quantitative estimate of drug-likeness (QED) is 0.541. The van der Waals surface area contributed by atoms with E-state index in [4.69, 9.17) is 16.3 Å². The van der Waals surface area contributed by atoms with Crippen molar-refractivity contribution >= 4 is 23.4 Å². The van der Waals surface area contributed by atoms with E-state index in [9.17, 15) is 27.2 Å². The van der Waals surface area contributed by atoms with Gasteiger partial charge in [0.25, 0.3) is 5.91 Å². The molecule has 0 aromatic heterocycles. The summed E-state index contributed by atoms with van der Waals surface area (Å²) >= 11 is 5.58. The topological polar surface area (TPSA) is 79.5 Å². The number of amides is 2. The van der Waals surface area contributed by atoms with E-state index in [2.05, 4.69) is 16.0 Å². The van der Waals surface area contributed by atoms with Crippen molar-refractivity contribution in [3.63, 3.8) is 0 Å². The molecule has 31 heavy (non-hydrogen) atoms. The van der Waals surface area contributed by atoms with E-state index in [1.807, 2.05) is 0 Å². The summed E-state index contributed by atoms with van der Waals surface area (Å²) in [4.78, 5) is 24.1. The fraction of sp³-hybridized carbons (Fsp3) is 0.600. The molecule has 2 amide bonds. The molecule has 1 aromatic rings. The van der Waals surface area contributed by atoms with Crippen molar-refractivity contribution in [1.29, 1.82) is 0 Å². The van der Waals surface area contributed by atoms with Crippen LogP contribution in [0.2, 0.25) is 5.02 Å². The van der Waals surface area contributed by atoms with Crippen molar-refractivity contribution in [2.45, 2.75) is 43.9 Å². The van der Waals surface area contributed by atoms with Gasteiger partial charge in [-0.15, -0.1) is 0 Å². The zero-order chi connectivity index (χ0) is 22.6. The van der Waals surface area contributed by atoms with Crippen LogP contribution in [-0.4, -0.2) is 49.8 Å². The molecule has 1 saturated heterocycles. The van der Waals surface area contributed by atoms with Gasteiger partial charge in [-0.05, 0) is 37.8 Å². The highest BCUT2D eigenvalue weighted by Gasteiger charge is 2.41. The maximum Gasteiger partial charge on any atom is 0.393 e. The number of nitrogens with one attached hydrogen (secondary N) is 3. The standard InChI is InChI=1S/C20H24ClF4N3O3/c21-16-4-3-15(7-17(16)22)31-10-18(29)28-14-5-11(6-14)19(30)27-9-13-2-1-12(8-26-13)20(23,24)25/h3-4,7,11-14,26H,1-2,5-6,8-10H2,(H,27,30)(H,28,29)/t11-,12?,13?,14-. The highest BCUT2D eigenvalue weighted by molar-refractivity contribution is 6.30.